The number of hydrogen-bond donors (Lipinski definition) is 1. The zero-order chi connectivity index (χ0) is 14.4. The van der Waals surface area contributed by atoms with Crippen LogP contribution in [-0.2, 0) is 12.2 Å². The molecule has 108 valence electrons. The molecule has 0 radical (unpaired) electrons. The fraction of sp³-hybridized carbons (Fsp3) is 0.429. The molecule has 1 unspecified atom stereocenters. The van der Waals surface area contributed by atoms with Gasteiger partial charge in [-0.3, -0.25) is 0 Å². The van der Waals surface area contributed by atoms with Crippen molar-refractivity contribution in [1.82, 2.24) is 10.1 Å². The summed E-state index contributed by atoms with van der Waals surface area (Å²) in [5.41, 5.74) is 5.93. The van der Waals surface area contributed by atoms with E-state index in [9.17, 15) is 4.39 Å². The molecule has 0 saturated carbocycles. The van der Waals surface area contributed by atoms with Gasteiger partial charge in [0.2, 0.25) is 5.89 Å². The molecular weight excluding hydrogens is 277 g/mol. The highest BCUT2D eigenvalue weighted by molar-refractivity contribution is 7.98. The van der Waals surface area contributed by atoms with Crippen LogP contribution in [0.25, 0.3) is 0 Å². The second kappa shape index (κ2) is 7.40. The van der Waals surface area contributed by atoms with E-state index in [0.717, 1.165) is 17.7 Å². The number of rotatable bonds is 7. The lowest BCUT2D eigenvalue weighted by atomic mass is 10.1. The number of thioether (sulfide) groups is 1. The van der Waals surface area contributed by atoms with Crippen LogP contribution in [0, 0.1) is 5.82 Å². The van der Waals surface area contributed by atoms with Gasteiger partial charge in [-0.2, -0.15) is 4.98 Å². The van der Waals surface area contributed by atoms with Gasteiger partial charge in [0.15, 0.2) is 5.82 Å². The van der Waals surface area contributed by atoms with E-state index in [1.165, 1.54) is 23.9 Å². The summed E-state index contributed by atoms with van der Waals surface area (Å²) in [4.78, 5) is 5.14. The van der Waals surface area contributed by atoms with Crippen LogP contribution in [0.5, 0.6) is 0 Å². The molecule has 6 heteroatoms. The van der Waals surface area contributed by atoms with Crippen molar-refractivity contribution in [2.24, 2.45) is 5.73 Å². The van der Waals surface area contributed by atoms with Gasteiger partial charge in [-0.15, -0.1) is 11.8 Å². The highest BCUT2D eigenvalue weighted by Gasteiger charge is 2.11. The highest BCUT2D eigenvalue weighted by atomic mass is 32.2. The molecule has 0 bridgehead atoms. The molecule has 0 amide bonds. The van der Waals surface area contributed by atoms with E-state index in [-0.39, 0.29) is 11.9 Å². The van der Waals surface area contributed by atoms with Crippen LogP contribution in [0.4, 0.5) is 4.39 Å². The molecule has 0 aliphatic carbocycles. The third kappa shape index (κ3) is 4.61. The molecule has 0 spiro atoms. The smallest absolute Gasteiger partial charge is 0.228 e. The fourth-order valence-corrected chi connectivity index (χ4v) is 2.62. The normalized spacial score (nSPS) is 12.6. The molecule has 1 heterocycles. The average molecular weight is 295 g/mol. The Morgan fingerprint density at radius 1 is 1.45 bits per heavy atom. The molecule has 2 aromatic rings. The minimum Gasteiger partial charge on any atom is -0.339 e. The minimum absolute atomic E-state index is 0.0594. The summed E-state index contributed by atoms with van der Waals surface area (Å²) in [5.74, 6) is 1.49. The molecule has 0 saturated heterocycles. The number of nitrogens with two attached hydrogens (primary N) is 1. The first-order valence-electron chi connectivity index (χ1n) is 6.62. The quantitative estimate of drug-likeness (QED) is 0.795. The van der Waals surface area contributed by atoms with Crippen molar-refractivity contribution in [3.8, 4) is 0 Å². The molecule has 4 nitrogen and oxygen atoms in total. The lowest BCUT2D eigenvalue weighted by Gasteiger charge is -2.05. The topological polar surface area (TPSA) is 64.9 Å². The van der Waals surface area contributed by atoms with Crippen LogP contribution in [0.15, 0.2) is 33.7 Å². The van der Waals surface area contributed by atoms with Gasteiger partial charge in [-0.05, 0) is 24.6 Å². The molecule has 0 aliphatic heterocycles. The summed E-state index contributed by atoms with van der Waals surface area (Å²) < 4.78 is 18.2. The molecule has 1 aromatic carbocycles. The lowest BCUT2D eigenvalue weighted by molar-refractivity contribution is 0.362. The van der Waals surface area contributed by atoms with Gasteiger partial charge in [0.25, 0.3) is 0 Å². The van der Waals surface area contributed by atoms with E-state index in [0.29, 0.717) is 23.9 Å². The van der Waals surface area contributed by atoms with Gasteiger partial charge >= 0.3 is 0 Å². The monoisotopic (exact) mass is 295 g/mol. The third-order valence-corrected chi connectivity index (χ3v) is 3.76. The van der Waals surface area contributed by atoms with Crippen molar-refractivity contribution in [3.05, 3.63) is 41.8 Å². The Kier molecular flexibility index (Phi) is 5.55. The maximum Gasteiger partial charge on any atom is 0.228 e. The van der Waals surface area contributed by atoms with Crippen LogP contribution < -0.4 is 5.73 Å². The van der Waals surface area contributed by atoms with E-state index in [2.05, 4.69) is 17.1 Å². The predicted molar refractivity (Wildman–Crippen MR) is 76.8 cm³/mol. The largest absolute Gasteiger partial charge is 0.339 e. The highest BCUT2D eigenvalue weighted by Crippen LogP contribution is 2.22. The fourth-order valence-electron chi connectivity index (χ4n) is 1.83. The molecule has 0 aliphatic rings. The number of benzene rings is 1. The molecule has 0 fully saturated rings. The Hall–Kier alpha value is -1.40. The maximum atomic E-state index is 13.0. The first-order valence-corrected chi connectivity index (χ1v) is 7.61. The van der Waals surface area contributed by atoms with Crippen molar-refractivity contribution in [2.45, 2.75) is 42.9 Å². The Labute approximate surface area is 121 Å². The van der Waals surface area contributed by atoms with Gasteiger partial charge in [0.1, 0.15) is 5.82 Å². The molecule has 1 aromatic heterocycles. The van der Waals surface area contributed by atoms with E-state index in [1.54, 1.807) is 6.07 Å². The Morgan fingerprint density at radius 2 is 2.30 bits per heavy atom. The molecular formula is C14H18FN3OS. The van der Waals surface area contributed by atoms with Crippen molar-refractivity contribution < 1.29 is 8.91 Å². The van der Waals surface area contributed by atoms with Gasteiger partial charge in [0.05, 0.1) is 5.75 Å². The van der Waals surface area contributed by atoms with Gasteiger partial charge in [-0.25, -0.2) is 4.39 Å². The maximum absolute atomic E-state index is 13.0. The van der Waals surface area contributed by atoms with Crippen molar-refractivity contribution in [1.29, 1.82) is 0 Å². The van der Waals surface area contributed by atoms with E-state index in [1.807, 2.05) is 6.07 Å². The summed E-state index contributed by atoms with van der Waals surface area (Å²) >= 11 is 1.47. The second-order valence-electron chi connectivity index (χ2n) is 4.60. The molecule has 2 N–H and O–H groups in total. The Bertz CT molecular complexity index is 547. The van der Waals surface area contributed by atoms with Crippen LogP contribution in [0.3, 0.4) is 0 Å². The van der Waals surface area contributed by atoms with Crippen LogP contribution in [0.2, 0.25) is 0 Å². The Balaban J connectivity index is 1.86. The van der Waals surface area contributed by atoms with E-state index >= 15 is 0 Å². The van der Waals surface area contributed by atoms with Gasteiger partial charge < -0.3 is 10.3 Å². The molecule has 20 heavy (non-hydrogen) atoms. The van der Waals surface area contributed by atoms with Crippen LogP contribution >= 0.6 is 11.8 Å². The number of aromatic nitrogens is 2. The second-order valence-corrected chi connectivity index (χ2v) is 5.65. The summed E-state index contributed by atoms with van der Waals surface area (Å²) in [6, 6.07) is 6.51. The first kappa shape index (κ1) is 15.0. The van der Waals surface area contributed by atoms with Crippen molar-refractivity contribution in [3.63, 3.8) is 0 Å². The Morgan fingerprint density at radius 3 is 3.05 bits per heavy atom. The average Bonchev–Trinajstić information content (AvgIpc) is 2.84. The standard InChI is InChI=1S/C14H18FN3OS/c1-2-4-11(16)8-14-17-13(18-19-14)9-20-12-6-3-5-10(15)7-12/h3,5-7,11H,2,4,8-9,16H2,1H3. The summed E-state index contributed by atoms with van der Waals surface area (Å²) in [6.45, 7) is 2.09. The number of nitrogens with zero attached hydrogens (tertiary/aromatic N) is 2. The van der Waals surface area contributed by atoms with E-state index in [4.69, 9.17) is 10.3 Å². The number of halogens is 1. The van der Waals surface area contributed by atoms with Gasteiger partial charge in [-0.1, -0.05) is 24.6 Å². The summed E-state index contributed by atoms with van der Waals surface area (Å²) in [6.07, 6.45) is 2.58. The minimum atomic E-state index is -0.241. The van der Waals surface area contributed by atoms with E-state index < -0.39 is 0 Å². The summed E-state index contributed by atoms with van der Waals surface area (Å²) in [7, 11) is 0. The zero-order valence-electron chi connectivity index (χ0n) is 11.4. The van der Waals surface area contributed by atoms with Crippen LogP contribution in [0.1, 0.15) is 31.5 Å². The summed E-state index contributed by atoms with van der Waals surface area (Å²) in [5, 5.41) is 3.91. The molecule has 2 rings (SSSR count). The predicted octanol–water partition coefficient (Wildman–Crippen LogP) is 3.17. The van der Waals surface area contributed by atoms with Crippen LogP contribution in [-0.4, -0.2) is 16.2 Å². The SMILES string of the molecule is CCCC(N)Cc1nc(CSc2cccc(F)c2)no1. The zero-order valence-corrected chi connectivity index (χ0v) is 12.2. The van der Waals surface area contributed by atoms with Gasteiger partial charge in [0, 0.05) is 17.4 Å². The third-order valence-electron chi connectivity index (χ3n) is 2.77. The first-order chi connectivity index (χ1) is 9.67. The molecule has 1 atom stereocenters. The lowest BCUT2D eigenvalue weighted by Crippen LogP contribution is -2.22. The van der Waals surface area contributed by atoms with Crippen molar-refractivity contribution >= 4 is 11.8 Å². The van der Waals surface area contributed by atoms with Crippen molar-refractivity contribution in [2.75, 3.05) is 0 Å². The number of hydrogen-bond acceptors (Lipinski definition) is 5.